The van der Waals surface area contributed by atoms with Gasteiger partial charge in [0.1, 0.15) is 11.3 Å². The highest BCUT2D eigenvalue weighted by Gasteiger charge is 2.28. The van der Waals surface area contributed by atoms with Crippen LogP contribution >= 0.6 is 0 Å². The van der Waals surface area contributed by atoms with Crippen molar-refractivity contribution < 1.29 is 14.7 Å². The van der Waals surface area contributed by atoms with Crippen molar-refractivity contribution in [1.29, 1.82) is 0 Å². The van der Waals surface area contributed by atoms with Crippen molar-refractivity contribution in [2.45, 2.75) is 25.8 Å². The first kappa shape index (κ1) is 9.10. The second kappa shape index (κ2) is 2.79. The Hall–Kier alpha value is -0.900. The monoisotopic (exact) mass is 145 g/mol. The van der Waals surface area contributed by atoms with Gasteiger partial charge < -0.3 is 10.8 Å². The van der Waals surface area contributed by atoms with Gasteiger partial charge in [0.25, 0.3) is 0 Å². The van der Waals surface area contributed by atoms with Crippen LogP contribution in [0.4, 0.5) is 0 Å². The molecule has 1 atom stereocenters. The normalized spacial score (nSPS) is 15.9. The van der Waals surface area contributed by atoms with Crippen molar-refractivity contribution in [1.82, 2.24) is 0 Å². The highest BCUT2D eigenvalue weighted by atomic mass is 16.4. The summed E-state index contributed by atoms with van der Waals surface area (Å²) < 4.78 is 0. The Morgan fingerprint density at radius 2 is 2.00 bits per heavy atom. The maximum atomic E-state index is 10.4. The number of nitrogens with two attached hydrogens (primary N) is 1. The van der Waals surface area contributed by atoms with Crippen LogP contribution in [0.2, 0.25) is 0 Å². The molecule has 0 saturated carbocycles. The molecule has 0 unspecified atom stereocenters. The number of carbonyl (C=O) groups is 2. The number of hydrogen-bond acceptors (Lipinski definition) is 3. The lowest BCUT2D eigenvalue weighted by Gasteiger charge is -2.16. The average molecular weight is 145 g/mol. The topological polar surface area (TPSA) is 80.4 Å². The number of hydrogen-bond donors (Lipinski definition) is 2. The van der Waals surface area contributed by atoms with Gasteiger partial charge in [-0.1, -0.05) is 0 Å². The van der Waals surface area contributed by atoms with E-state index < -0.39 is 11.5 Å². The van der Waals surface area contributed by atoms with Gasteiger partial charge in [0.15, 0.2) is 0 Å². The predicted molar refractivity (Wildman–Crippen MR) is 35.5 cm³/mol. The molecule has 10 heavy (non-hydrogen) atoms. The summed E-state index contributed by atoms with van der Waals surface area (Å²) in [6.45, 7) is 2.63. The van der Waals surface area contributed by atoms with Crippen LogP contribution in [0.3, 0.4) is 0 Å². The minimum atomic E-state index is -1.41. The molecule has 0 aromatic rings. The molecule has 0 rings (SSSR count). The molecular formula is C6H11NO3. The Labute approximate surface area is 59.0 Å². The van der Waals surface area contributed by atoms with E-state index in [0.29, 0.717) is 0 Å². The molecule has 0 aromatic carbocycles. The SMILES string of the molecule is CC(=O)C[C@](C)(N)C(=O)O. The van der Waals surface area contributed by atoms with Crippen molar-refractivity contribution in [3.63, 3.8) is 0 Å². The molecule has 4 heteroatoms. The second-order valence-electron chi connectivity index (χ2n) is 2.60. The van der Waals surface area contributed by atoms with Crippen LogP contribution in [-0.2, 0) is 9.59 Å². The predicted octanol–water partition coefficient (Wildman–Crippen LogP) is -0.232. The molecule has 4 nitrogen and oxygen atoms in total. The lowest BCUT2D eigenvalue weighted by Crippen LogP contribution is -2.46. The number of Topliss-reactive ketones (excluding diaryl/α,β-unsaturated/α-hetero) is 1. The fourth-order valence-electron chi connectivity index (χ4n) is 0.593. The molecule has 0 bridgehead atoms. The molecule has 0 radical (unpaired) electrons. The van der Waals surface area contributed by atoms with E-state index in [9.17, 15) is 9.59 Å². The number of carboxylic acid groups (broad SMARTS) is 1. The summed E-state index contributed by atoms with van der Waals surface area (Å²) in [6, 6.07) is 0. The summed E-state index contributed by atoms with van der Waals surface area (Å²) >= 11 is 0. The smallest absolute Gasteiger partial charge is 0.323 e. The lowest BCUT2D eigenvalue weighted by molar-refractivity contribution is -0.144. The molecule has 0 heterocycles. The van der Waals surface area contributed by atoms with Gasteiger partial charge in [-0.15, -0.1) is 0 Å². The first-order valence-electron chi connectivity index (χ1n) is 2.88. The number of carbonyl (C=O) groups excluding carboxylic acids is 1. The molecular weight excluding hydrogens is 134 g/mol. The van der Waals surface area contributed by atoms with Gasteiger partial charge in [-0.3, -0.25) is 9.59 Å². The minimum Gasteiger partial charge on any atom is -0.480 e. The third-order valence-corrected chi connectivity index (χ3v) is 1.10. The van der Waals surface area contributed by atoms with E-state index in [1.54, 1.807) is 0 Å². The minimum absolute atomic E-state index is 0.123. The third-order valence-electron chi connectivity index (χ3n) is 1.10. The van der Waals surface area contributed by atoms with Gasteiger partial charge in [-0.2, -0.15) is 0 Å². The summed E-state index contributed by atoms with van der Waals surface area (Å²) in [5.41, 5.74) is 3.83. The Balaban J connectivity index is 4.13. The number of ketones is 1. The quantitative estimate of drug-likeness (QED) is 0.574. The zero-order valence-corrected chi connectivity index (χ0v) is 6.05. The summed E-state index contributed by atoms with van der Waals surface area (Å²) in [6.07, 6.45) is -0.123. The highest BCUT2D eigenvalue weighted by Crippen LogP contribution is 2.05. The van der Waals surface area contributed by atoms with Gasteiger partial charge in [0.05, 0.1) is 0 Å². The van der Waals surface area contributed by atoms with Crippen LogP contribution in [0.1, 0.15) is 20.3 Å². The highest BCUT2D eigenvalue weighted by molar-refractivity contribution is 5.87. The summed E-state index contributed by atoms with van der Waals surface area (Å²) in [4.78, 5) is 20.7. The van der Waals surface area contributed by atoms with Gasteiger partial charge in [-0.05, 0) is 13.8 Å². The zero-order chi connectivity index (χ0) is 8.36. The number of aliphatic carboxylic acids is 1. The van der Waals surface area contributed by atoms with Crippen LogP contribution < -0.4 is 5.73 Å². The molecule has 0 aliphatic heterocycles. The zero-order valence-electron chi connectivity index (χ0n) is 6.05. The van der Waals surface area contributed by atoms with E-state index in [-0.39, 0.29) is 12.2 Å². The van der Waals surface area contributed by atoms with E-state index in [2.05, 4.69) is 0 Å². The van der Waals surface area contributed by atoms with E-state index in [1.807, 2.05) is 0 Å². The fourth-order valence-corrected chi connectivity index (χ4v) is 0.593. The van der Waals surface area contributed by atoms with Gasteiger partial charge in [0, 0.05) is 6.42 Å². The van der Waals surface area contributed by atoms with Crippen LogP contribution in [0.25, 0.3) is 0 Å². The first-order valence-corrected chi connectivity index (χ1v) is 2.88. The Morgan fingerprint density at radius 3 is 2.10 bits per heavy atom. The van der Waals surface area contributed by atoms with Crippen LogP contribution in [0, 0.1) is 0 Å². The molecule has 0 fully saturated rings. The van der Waals surface area contributed by atoms with Crippen LogP contribution in [0.15, 0.2) is 0 Å². The van der Waals surface area contributed by atoms with E-state index >= 15 is 0 Å². The van der Waals surface area contributed by atoms with Crippen molar-refractivity contribution in [2.75, 3.05) is 0 Å². The van der Waals surface area contributed by atoms with Gasteiger partial charge in [0.2, 0.25) is 0 Å². The number of carboxylic acids is 1. The lowest BCUT2D eigenvalue weighted by atomic mass is 9.98. The Bertz CT molecular complexity index is 162. The maximum Gasteiger partial charge on any atom is 0.323 e. The van der Waals surface area contributed by atoms with Crippen molar-refractivity contribution in [2.24, 2.45) is 5.73 Å². The molecule has 0 aromatic heterocycles. The van der Waals surface area contributed by atoms with E-state index in [4.69, 9.17) is 10.8 Å². The third kappa shape index (κ3) is 2.59. The van der Waals surface area contributed by atoms with Crippen molar-refractivity contribution >= 4 is 11.8 Å². The standard InChI is InChI=1S/C6H11NO3/c1-4(8)3-6(2,7)5(9)10/h3,7H2,1-2H3,(H,9,10)/t6-/m0/s1. The van der Waals surface area contributed by atoms with Crippen molar-refractivity contribution in [3.8, 4) is 0 Å². The van der Waals surface area contributed by atoms with Gasteiger partial charge in [-0.25, -0.2) is 0 Å². The van der Waals surface area contributed by atoms with Crippen molar-refractivity contribution in [3.05, 3.63) is 0 Å². The largest absolute Gasteiger partial charge is 0.480 e. The number of rotatable bonds is 3. The molecule has 0 aliphatic carbocycles. The van der Waals surface area contributed by atoms with E-state index in [1.165, 1.54) is 13.8 Å². The average Bonchev–Trinajstić information content (AvgIpc) is 1.60. The maximum absolute atomic E-state index is 10.4. The summed E-state index contributed by atoms with van der Waals surface area (Å²) in [5, 5.41) is 8.41. The van der Waals surface area contributed by atoms with Gasteiger partial charge >= 0.3 is 5.97 Å². The van der Waals surface area contributed by atoms with Crippen LogP contribution in [-0.4, -0.2) is 22.4 Å². The second-order valence-corrected chi connectivity index (χ2v) is 2.60. The fraction of sp³-hybridized carbons (Fsp3) is 0.667. The molecule has 58 valence electrons. The Morgan fingerprint density at radius 1 is 1.60 bits per heavy atom. The van der Waals surface area contributed by atoms with Crippen LogP contribution in [0.5, 0.6) is 0 Å². The molecule has 0 aliphatic rings. The molecule has 0 saturated heterocycles. The molecule has 0 spiro atoms. The summed E-state index contributed by atoms with van der Waals surface area (Å²) in [7, 11) is 0. The summed E-state index contributed by atoms with van der Waals surface area (Å²) in [5.74, 6) is -1.37. The molecule has 0 amide bonds. The molecule has 3 N–H and O–H groups in total. The first-order chi connectivity index (χ1) is 4.36. The van der Waals surface area contributed by atoms with E-state index in [0.717, 1.165) is 0 Å². The Kier molecular flexibility index (Phi) is 2.54.